The Kier molecular flexibility index (Phi) is 5.53. The van der Waals surface area contributed by atoms with Gasteiger partial charge >= 0.3 is 5.97 Å². The largest absolute Gasteiger partial charge is 0.467 e. The first kappa shape index (κ1) is 15.0. The van der Waals surface area contributed by atoms with Crippen LogP contribution in [0.5, 0.6) is 0 Å². The van der Waals surface area contributed by atoms with Gasteiger partial charge < -0.3 is 15.2 Å². The summed E-state index contributed by atoms with van der Waals surface area (Å²) in [6, 6.07) is -0.934. The molecule has 1 atom stereocenters. The molecular weight excluding hydrogens is 230 g/mol. The zero-order valence-corrected chi connectivity index (χ0v) is 10.7. The summed E-state index contributed by atoms with van der Waals surface area (Å²) < 4.78 is 4.47. The SMILES string of the molecule is COC(=O)[C@H](CO)NC(=S)C(C)(C)C(C)=O. The molecule has 2 N–H and O–H groups in total. The number of rotatable bonds is 5. The molecular formula is C10H17NO4S. The molecule has 5 nitrogen and oxygen atoms in total. The molecule has 0 aromatic rings. The van der Waals surface area contributed by atoms with E-state index >= 15 is 0 Å². The third-order valence-corrected chi connectivity index (χ3v) is 3.05. The minimum absolute atomic E-state index is 0.119. The number of carbonyl (C=O) groups is 2. The maximum absolute atomic E-state index is 11.3. The smallest absolute Gasteiger partial charge is 0.330 e. The van der Waals surface area contributed by atoms with Gasteiger partial charge in [-0.2, -0.15) is 0 Å². The molecule has 0 unspecified atom stereocenters. The van der Waals surface area contributed by atoms with E-state index in [1.54, 1.807) is 13.8 Å². The molecule has 0 bridgehead atoms. The van der Waals surface area contributed by atoms with Gasteiger partial charge in [-0.25, -0.2) is 4.79 Å². The molecule has 16 heavy (non-hydrogen) atoms. The lowest BCUT2D eigenvalue weighted by atomic mass is 9.88. The molecule has 0 aliphatic rings. The second kappa shape index (κ2) is 5.91. The van der Waals surface area contributed by atoms with Gasteiger partial charge in [0.15, 0.2) is 0 Å². The number of esters is 1. The fraction of sp³-hybridized carbons (Fsp3) is 0.700. The van der Waals surface area contributed by atoms with Gasteiger partial charge in [-0.3, -0.25) is 4.79 Å². The quantitative estimate of drug-likeness (QED) is 0.528. The number of thiocarbonyl (C=S) groups is 1. The maximum Gasteiger partial charge on any atom is 0.330 e. The Hall–Kier alpha value is -1.01. The lowest BCUT2D eigenvalue weighted by Gasteiger charge is -2.26. The third kappa shape index (κ3) is 3.53. The third-order valence-electron chi connectivity index (χ3n) is 2.42. The number of hydrogen-bond donors (Lipinski definition) is 2. The van der Waals surface area contributed by atoms with Crippen LogP contribution in [0.1, 0.15) is 20.8 Å². The molecule has 0 aromatic heterocycles. The fourth-order valence-electron chi connectivity index (χ4n) is 0.820. The maximum atomic E-state index is 11.3. The number of carbonyl (C=O) groups excluding carboxylic acids is 2. The normalized spacial score (nSPS) is 12.8. The number of methoxy groups -OCH3 is 1. The van der Waals surface area contributed by atoms with Crippen LogP contribution < -0.4 is 5.32 Å². The first-order chi connectivity index (χ1) is 7.27. The first-order valence-corrected chi connectivity index (χ1v) is 5.18. The minimum Gasteiger partial charge on any atom is -0.467 e. The summed E-state index contributed by atoms with van der Waals surface area (Å²) >= 11 is 5.03. The average Bonchev–Trinajstić information content (AvgIpc) is 2.23. The van der Waals surface area contributed by atoms with Gasteiger partial charge in [0, 0.05) is 0 Å². The number of hydrogen-bond acceptors (Lipinski definition) is 5. The highest BCUT2D eigenvalue weighted by Crippen LogP contribution is 2.18. The monoisotopic (exact) mass is 247 g/mol. The van der Waals surface area contributed by atoms with Crippen LogP contribution in [0.2, 0.25) is 0 Å². The molecule has 0 fully saturated rings. The van der Waals surface area contributed by atoms with E-state index in [0.29, 0.717) is 0 Å². The van der Waals surface area contributed by atoms with Gasteiger partial charge in [-0.15, -0.1) is 0 Å². The molecule has 92 valence electrons. The number of ketones is 1. The van der Waals surface area contributed by atoms with Crippen LogP contribution in [0.25, 0.3) is 0 Å². The zero-order chi connectivity index (χ0) is 12.9. The molecule has 6 heteroatoms. The predicted octanol–water partition coefficient (Wildman–Crippen LogP) is 0.0525. The highest BCUT2D eigenvalue weighted by Gasteiger charge is 2.32. The van der Waals surface area contributed by atoms with E-state index in [1.165, 1.54) is 14.0 Å². The van der Waals surface area contributed by atoms with Crippen molar-refractivity contribution in [3.8, 4) is 0 Å². The van der Waals surface area contributed by atoms with Crippen molar-refractivity contribution in [3.05, 3.63) is 0 Å². The van der Waals surface area contributed by atoms with E-state index in [2.05, 4.69) is 10.1 Å². The molecule has 0 amide bonds. The number of ether oxygens (including phenoxy) is 1. The summed E-state index contributed by atoms with van der Waals surface area (Å²) in [5.41, 5.74) is -0.864. The van der Waals surface area contributed by atoms with Crippen LogP contribution in [-0.4, -0.2) is 41.6 Å². The van der Waals surface area contributed by atoms with E-state index in [-0.39, 0.29) is 10.8 Å². The Morgan fingerprint density at radius 1 is 1.50 bits per heavy atom. The van der Waals surface area contributed by atoms with Crippen LogP contribution in [0, 0.1) is 5.41 Å². The van der Waals surface area contributed by atoms with Gasteiger partial charge in [0.2, 0.25) is 0 Å². The molecule has 0 saturated carbocycles. The Morgan fingerprint density at radius 2 is 2.00 bits per heavy atom. The molecule has 0 saturated heterocycles. The van der Waals surface area contributed by atoms with Crippen molar-refractivity contribution in [2.75, 3.05) is 13.7 Å². The zero-order valence-electron chi connectivity index (χ0n) is 9.86. The standard InChI is InChI=1S/C10H17NO4S/c1-6(13)10(2,3)9(16)11-7(5-12)8(14)15-4/h7,12H,5H2,1-4H3,(H,11,16)/t7-/m0/s1. The van der Waals surface area contributed by atoms with Crippen LogP contribution in [0.3, 0.4) is 0 Å². The predicted molar refractivity (Wildman–Crippen MR) is 63.1 cm³/mol. The van der Waals surface area contributed by atoms with Gasteiger partial charge in [-0.05, 0) is 20.8 Å². The Bertz CT molecular complexity index is 301. The number of Topliss-reactive ketones (excluding diaryl/α,β-unsaturated/α-hetero) is 1. The minimum atomic E-state index is -0.934. The number of nitrogens with one attached hydrogen (secondary N) is 1. The molecule has 0 rings (SSSR count). The lowest BCUT2D eigenvalue weighted by molar-refractivity contribution is -0.143. The summed E-state index contributed by atoms with van der Waals surface area (Å²) in [7, 11) is 1.21. The summed E-state index contributed by atoms with van der Waals surface area (Å²) in [6.07, 6.45) is 0. The number of aliphatic hydroxyl groups is 1. The van der Waals surface area contributed by atoms with E-state index in [0.717, 1.165) is 0 Å². The van der Waals surface area contributed by atoms with Crippen molar-refractivity contribution in [1.82, 2.24) is 5.32 Å². The molecule has 0 heterocycles. The summed E-state index contributed by atoms with van der Waals surface area (Å²) in [5.74, 6) is -0.740. The van der Waals surface area contributed by atoms with E-state index in [1.807, 2.05) is 0 Å². The van der Waals surface area contributed by atoms with Crippen molar-refractivity contribution in [3.63, 3.8) is 0 Å². The van der Waals surface area contributed by atoms with Gasteiger partial charge in [-0.1, -0.05) is 12.2 Å². The highest BCUT2D eigenvalue weighted by molar-refractivity contribution is 7.80. The summed E-state index contributed by atoms with van der Waals surface area (Å²) in [5, 5.41) is 11.6. The summed E-state index contributed by atoms with van der Waals surface area (Å²) in [6.45, 7) is 4.27. The van der Waals surface area contributed by atoms with E-state index < -0.39 is 24.0 Å². The van der Waals surface area contributed by atoms with E-state index in [9.17, 15) is 9.59 Å². The van der Waals surface area contributed by atoms with Crippen LogP contribution in [-0.2, 0) is 14.3 Å². The first-order valence-electron chi connectivity index (χ1n) is 4.78. The fourth-order valence-corrected chi connectivity index (χ4v) is 1.11. The number of aliphatic hydroxyl groups excluding tert-OH is 1. The summed E-state index contributed by atoms with van der Waals surface area (Å²) in [4.78, 5) is 22.7. The second-order valence-corrected chi connectivity index (χ2v) is 4.32. The van der Waals surface area contributed by atoms with Crippen LogP contribution >= 0.6 is 12.2 Å². The van der Waals surface area contributed by atoms with Crippen molar-refractivity contribution in [1.29, 1.82) is 0 Å². The molecule has 0 spiro atoms. The van der Waals surface area contributed by atoms with Crippen LogP contribution in [0.4, 0.5) is 0 Å². The second-order valence-electron chi connectivity index (χ2n) is 3.91. The molecule has 0 radical (unpaired) electrons. The average molecular weight is 247 g/mol. The van der Waals surface area contributed by atoms with Crippen molar-refractivity contribution in [2.24, 2.45) is 5.41 Å². The van der Waals surface area contributed by atoms with Crippen molar-refractivity contribution in [2.45, 2.75) is 26.8 Å². The molecule has 0 aliphatic carbocycles. The van der Waals surface area contributed by atoms with Crippen LogP contribution in [0.15, 0.2) is 0 Å². The molecule has 0 aliphatic heterocycles. The highest BCUT2D eigenvalue weighted by atomic mass is 32.1. The van der Waals surface area contributed by atoms with Gasteiger partial charge in [0.1, 0.15) is 11.8 Å². The topological polar surface area (TPSA) is 75.6 Å². The van der Waals surface area contributed by atoms with Gasteiger partial charge in [0.05, 0.1) is 24.1 Å². The van der Waals surface area contributed by atoms with Crippen molar-refractivity contribution < 1.29 is 19.4 Å². The molecule has 0 aromatic carbocycles. The Balaban J connectivity index is 4.66. The van der Waals surface area contributed by atoms with Crippen molar-refractivity contribution >= 4 is 29.0 Å². The Morgan fingerprint density at radius 3 is 2.31 bits per heavy atom. The van der Waals surface area contributed by atoms with E-state index in [4.69, 9.17) is 17.3 Å². The van der Waals surface area contributed by atoms with Gasteiger partial charge in [0.25, 0.3) is 0 Å². The Labute approximate surface area is 100 Å². The lowest BCUT2D eigenvalue weighted by Crippen LogP contribution is -2.49.